The molecule has 0 aliphatic carbocycles. The third kappa shape index (κ3) is 5.17. The van der Waals surface area contributed by atoms with Crippen LogP contribution in [-0.2, 0) is 0 Å². The summed E-state index contributed by atoms with van der Waals surface area (Å²) in [6.07, 6.45) is -4.23. The summed E-state index contributed by atoms with van der Waals surface area (Å²) in [6, 6.07) is -0.277. The average molecular weight is 243 g/mol. The highest BCUT2D eigenvalue weighted by Crippen LogP contribution is 2.25. The van der Waals surface area contributed by atoms with Gasteiger partial charge in [0, 0.05) is 19.2 Å². The van der Waals surface area contributed by atoms with Gasteiger partial charge in [0.05, 0.1) is 0 Å². The van der Waals surface area contributed by atoms with Crippen molar-refractivity contribution in [1.82, 2.24) is 5.32 Å². The van der Waals surface area contributed by atoms with Gasteiger partial charge in [0.1, 0.15) is 5.92 Å². The first-order chi connectivity index (χ1) is 7.32. The Morgan fingerprint density at radius 2 is 2.06 bits per heavy atom. The second-order valence-corrected chi connectivity index (χ2v) is 3.44. The highest BCUT2D eigenvalue weighted by molar-refractivity contribution is 5.83. The molecule has 0 heterocycles. The predicted molar refractivity (Wildman–Crippen MR) is 52.1 cm³/mol. The van der Waals surface area contributed by atoms with Crippen LogP contribution in [-0.4, -0.2) is 41.5 Å². The Kier molecular flexibility index (Phi) is 6.12. The minimum atomic E-state index is -4.57. The number of nitrogens with zero attached hydrogens (tertiary/aromatic N) is 1. The Morgan fingerprint density at radius 3 is 2.44 bits per heavy atom. The van der Waals surface area contributed by atoms with E-state index in [0.29, 0.717) is 6.42 Å². The molecule has 0 aromatic rings. The lowest BCUT2D eigenvalue weighted by atomic mass is 10.1. The quantitative estimate of drug-likeness (QED) is 0.233. The molecule has 0 saturated carbocycles. The van der Waals surface area contributed by atoms with E-state index in [0.717, 1.165) is 0 Å². The van der Waals surface area contributed by atoms with Crippen LogP contribution >= 0.6 is 0 Å². The molecule has 0 aliphatic rings. The van der Waals surface area contributed by atoms with Crippen LogP contribution in [0.15, 0.2) is 5.16 Å². The first-order valence-electron chi connectivity index (χ1n) is 4.71. The van der Waals surface area contributed by atoms with Gasteiger partial charge >= 0.3 is 6.18 Å². The number of hydrogen-bond donors (Lipinski definition) is 4. The second-order valence-electron chi connectivity index (χ2n) is 3.44. The van der Waals surface area contributed by atoms with E-state index in [1.165, 1.54) is 0 Å². The Hall–Kier alpha value is -1.02. The number of alkyl halides is 3. The summed E-state index contributed by atoms with van der Waals surface area (Å²) in [7, 11) is 0. The third-order valence-corrected chi connectivity index (χ3v) is 2.10. The highest BCUT2D eigenvalue weighted by atomic mass is 19.4. The molecule has 16 heavy (non-hydrogen) atoms. The summed E-state index contributed by atoms with van der Waals surface area (Å²) in [5, 5.41) is 21.7. The molecule has 0 bridgehead atoms. The summed E-state index contributed by atoms with van der Waals surface area (Å²) < 4.78 is 37.3. The van der Waals surface area contributed by atoms with Gasteiger partial charge in [-0.1, -0.05) is 5.16 Å². The number of amidine groups is 1. The van der Waals surface area contributed by atoms with Crippen molar-refractivity contribution in [1.29, 1.82) is 0 Å². The van der Waals surface area contributed by atoms with Gasteiger partial charge in [-0.15, -0.1) is 0 Å². The molecular weight excluding hydrogens is 227 g/mol. The summed E-state index contributed by atoms with van der Waals surface area (Å²) >= 11 is 0. The molecule has 0 aromatic heterocycles. The van der Waals surface area contributed by atoms with Crippen molar-refractivity contribution >= 4 is 5.84 Å². The lowest BCUT2D eigenvalue weighted by molar-refractivity contribution is -0.155. The molecule has 96 valence electrons. The number of halogens is 3. The van der Waals surface area contributed by atoms with Crippen molar-refractivity contribution in [2.45, 2.75) is 25.6 Å². The normalized spacial score (nSPS) is 17.2. The molecule has 0 radical (unpaired) electrons. The van der Waals surface area contributed by atoms with Crippen LogP contribution in [0.2, 0.25) is 0 Å². The van der Waals surface area contributed by atoms with E-state index < -0.39 is 24.5 Å². The van der Waals surface area contributed by atoms with Gasteiger partial charge in [-0.3, -0.25) is 0 Å². The average Bonchev–Trinajstić information content (AvgIpc) is 2.16. The van der Waals surface area contributed by atoms with Crippen molar-refractivity contribution in [2.75, 3.05) is 13.2 Å². The molecule has 5 N–H and O–H groups in total. The highest BCUT2D eigenvalue weighted by Gasteiger charge is 2.42. The SMILES string of the molecule is CC(CCO)NCC(C(N)=NO)C(F)(F)F. The topological polar surface area (TPSA) is 90.9 Å². The molecule has 0 spiro atoms. The van der Waals surface area contributed by atoms with E-state index in [9.17, 15) is 13.2 Å². The first kappa shape index (κ1) is 15.0. The van der Waals surface area contributed by atoms with Crippen LogP contribution in [0.4, 0.5) is 13.2 Å². The van der Waals surface area contributed by atoms with Crippen LogP contribution in [0, 0.1) is 5.92 Å². The second kappa shape index (κ2) is 6.54. The number of aliphatic hydroxyl groups excluding tert-OH is 1. The fraction of sp³-hybridized carbons (Fsp3) is 0.875. The van der Waals surface area contributed by atoms with E-state index in [1.807, 2.05) is 0 Å². The zero-order valence-electron chi connectivity index (χ0n) is 8.83. The molecule has 2 unspecified atom stereocenters. The summed E-state index contributed by atoms with van der Waals surface area (Å²) in [5.74, 6) is -2.91. The van der Waals surface area contributed by atoms with Crippen molar-refractivity contribution in [3.63, 3.8) is 0 Å². The molecule has 0 amide bonds. The van der Waals surface area contributed by atoms with Crippen LogP contribution in [0.1, 0.15) is 13.3 Å². The van der Waals surface area contributed by atoms with E-state index in [1.54, 1.807) is 6.92 Å². The lowest BCUT2D eigenvalue weighted by Crippen LogP contribution is -2.45. The minimum absolute atomic E-state index is 0.117. The Morgan fingerprint density at radius 1 is 1.50 bits per heavy atom. The molecule has 0 rings (SSSR count). The molecule has 0 saturated heterocycles. The lowest BCUT2D eigenvalue weighted by Gasteiger charge is -2.21. The number of hydrogen-bond acceptors (Lipinski definition) is 4. The largest absolute Gasteiger partial charge is 0.409 e. The number of aliphatic hydroxyl groups is 1. The van der Waals surface area contributed by atoms with E-state index in [4.69, 9.17) is 16.0 Å². The van der Waals surface area contributed by atoms with Crippen LogP contribution in [0.3, 0.4) is 0 Å². The molecule has 0 fully saturated rings. The maximum Gasteiger partial charge on any atom is 0.400 e. The van der Waals surface area contributed by atoms with E-state index in [2.05, 4.69) is 10.5 Å². The van der Waals surface area contributed by atoms with Gasteiger partial charge in [-0.05, 0) is 13.3 Å². The number of nitrogens with two attached hydrogens (primary N) is 1. The fourth-order valence-corrected chi connectivity index (χ4v) is 1.07. The number of oxime groups is 1. The maximum absolute atomic E-state index is 12.4. The number of rotatable bonds is 6. The number of nitrogens with one attached hydrogen (secondary N) is 1. The van der Waals surface area contributed by atoms with Gasteiger partial charge in [0.25, 0.3) is 0 Å². The standard InChI is InChI=1S/C8H16F3N3O2/c1-5(2-3-15)13-4-6(7(12)14-16)8(9,10)11/h5-6,13,15-16H,2-4H2,1H3,(H2,12,14). The van der Waals surface area contributed by atoms with Crippen LogP contribution in [0.25, 0.3) is 0 Å². The smallest absolute Gasteiger partial charge is 0.400 e. The van der Waals surface area contributed by atoms with Crippen molar-refractivity contribution in [2.24, 2.45) is 16.8 Å². The zero-order chi connectivity index (χ0) is 12.8. The van der Waals surface area contributed by atoms with E-state index >= 15 is 0 Å². The Balaban J connectivity index is 4.35. The fourth-order valence-electron chi connectivity index (χ4n) is 1.07. The zero-order valence-corrected chi connectivity index (χ0v) is 8.83. The maximum atomic E-state index is 12.4. The predicted octanol–water partition coefficient (Wildman–Crippen LogP) is 0.272. The van der Waals surface area contributed by atoms with Crippen LogP contribution in [0.5, 0.6) is 0 Å². The van der Waals surface area contributed by atoms with Gasteiger partial charge in [0.2, 0.25) is 0 Å². The molecule has 0 aromatic carbocycles. The van der Waals surface area contributed by atoms with Gasteiger partial charge in [-0.25, -0.2) is 0 Å². The molecule has 0 aliphatic heterocycles. The Labute approximate surface area is 91.1 Å². The molecule has 8 heteroatoms. The molecular formula is C8H16F3N3O2. The van der Waals surface area contributed by atoms with Gasteiger partial charge < -0.3 is 21.4 Å². The van der Waals surface area contributed by atoms with Crippen LogP contribution < -0.4 is 11.1 Å². The summed E-state index contributed by atoms with van der Waals surface area (Å²) in [5.41, 5.74) is 4.95. The summed E-state index contributed by atoms with van der Waals surface area (Å²) in [6.45, 7) is 1.03. The van der Waals surface area contributed by atoms with Crippen molar-refractivity contribution in [3.05, 3.63) is 0 Å². The molecule has 5 nitrogen and oxygen atoms in total. The Bertz CT molecular complexity index is 233. The van der Waals surface area contributed by atoms with Gasteiger partial charge in [-0.2, -0.15) is 13.2 Å². The molecule has 2 atom stereocenters. The van der Waals surface area contributed by atoms with Gasteiger partial charge in [0.15, 0.2) is 5.84 Å². The summed E-state index contributed by atoms with van der Waals surface area (Å²) in [4.78, 5) is 0. The monoisotopic (exact) mass is 243 g/mol. The first-order valence-corrected chi connectivity index (χ1v) is 4.71. The van der Waals surface area contributed by atoms with E-state index in [-0.39, 0.29) is 12.6 Å². The van der Waals surface area contributed by atoms with Crippen molar-refractivity contribution < 1.29 is 23.5 Å². The van der Waals surface area contributed by atoms with Crippen molar-refractivity contribution in [3.8, 4) is 0 Å². The minimum Gasteiger partial charge on any atom is -0.409 e. The third-order valence-electron chi connectivity index (χ3n) is 2.10.